The summed E-state index contributed by atoms with van der Waals surface area (Å²) in [5, 5.41) is 14.4. The molecule has 1 aliphatic carbocycles. The second-order valence-electron chi connectivity index (χ2n) is 3.32. The molecule has 5 heteroatoms. The van der Waals surface area contributed by atoms with Gasteiger partial charge in [0.2, 0.25) is 0 Å². The molecule has 0 fully saturated rings. The van der Waals surface area contributed by atoms with Crippen molar-refractivity contribution in [3.8, 4) is 0 Å². The Balaban J connectivity index is 2.42. The van der Waals surface area contributed by atoms with E-state index in [1.807, 2.05) is 0 Å². The van der Waals surface area contributed by atoms with Gasteiger partial charge in [-0.3, -0.25) is 10.1 Å². The highest BCUT2D eigenvalue weighted by molar-refractivity contribution is 6.04. The lowest BCUT2D eigenvalue weighted by Gasteiger charge is -1.98. The summed E-state index contributed by atoms with van der Waals surface area (Å²) in [4.78, 5) is 14.9. The maximum absolute atomic E-state index is 10.6. The van der Waals surface area contributed by atoms with Crippen LogP contribution in [0.2, 0.25) is 0 Å². The van der Waals surface area contributed by atoms with Gasteiger partial charge in [0.1, 0.15) is 7.11 Å². The maximum Gasteiger partial charge on any atom is 0.269 e. The van der Waals surface area contributed by atoms with Crippen LogP contribution in [0.15, 0.2) is 23.4 Å². The summed E-state index contributed by atoms with van der Waals surface area (Å²) in [5.41, 5.74) is 2.93. The minimum atomic E-state index is -0.383. The van der Waals surface area contributed by atoms with Crippen LogP contribution in [0.5, 0.6) is 0 Å². The van der Waals surface area contributed by atoms with Crippen LogP contribution in [-0.4, -0.2) is 17.7 Å². The summed E-state index contributed by atoms with van der Waals surface area (Å²) in [5.74, 6) is 0. The number of benzene rings is 1. The van der Waals surface area contributed by atoms with Gasteiger partial charge in [-0.15, -0.1) is 0 Å². The first-order valence-corrected chi connectivity index (χ1v) is 4.60. The Hall–Kier alpha value is -1.91. The van der Waals surface area contributed by atoms with Crippen molar-refractivity contribution in [3.63, 3.8) is 0 Å². The summed E-state index contributed by atoms with van der Waals surface area (Å²) < 4.78 is 0. The van der Waals surface area contributed by atoms with Crippen LogP contribution < -0.4 is 0 Å². The smallest absolute Gasteiger partial charge is 0.269 e. The van der Waals surface area contributed by atoms with Crippen molar-refractivity contribution in [2.24, 2.45) is 5.16 Å². The van der Waals surface area contributed by atoms with Gasteiger partial charge < -0.3 is 4.84 Å². The van der Waals surface area contributed by atoms with Gasteiger partial charge in [-0.1, -0.05) is 5.16 Å². The molecule has 0 spiro atoms. The first-order chi connectivity index (χ1) is 7.22. The number of fused-ring (bicyclic) bond motifs is 1. The van der Waals surface area contributed by atoms with E-state index in [2.05, 4.69) is 5.16 Å². The minimum absolute atomic E-state index is 0.132. The second kappa shape index (κ2) is 3.68. The van der Waals surface area contributed by atoms with E-state index in [4.69, 9.17) is 4.84 Å². The topological polar surface area (TPSA) is 64.7 Å². The SMILES string of the molecule is CON=C1CCc2cc([N+](=O)[O-])ccc21. The van der Waals surface area contributed by atoms with E-state index in [-0.39, 0.29) is 10.6 Å². The average molecular weight is 206 g/mol. The molecule has 15 heavy (non-hydrogen) atoms. The molecule has 0 saturated heterocycles. The number of hydrogen-bond acceptors (Lipinski definition) is 4. The van der Waals surface area contributed by atoms with E-state index in [9.17, 15) is 10.1 Å². The third-order valence-electron chi connectivity index (χ3n) is 2.44. The van der Waals surface area contributed by atoms with E-state index in [1.165, 1.54) is 13.2 Å². The van der Waals surface area contributed by atoms with Gasteiger partial charge in [-0.25, -0.2) is 0 Å². The van der Waals surface area contributed by atoms with Crippen molar-refractivity contribution in [2.45, 2.75) is 12.8 Å². The van der Waals surface area contributed by atoms with Crippen molar-refractivity contribution in [1.82, 2.24) is 0 Å². The number of nitro benzene ring substituents is 1. The predicted molar refractivity (Wildman–Crippen MR) is 55.0 cm³/mol. The van der Waals surface area contributed by atoms with Crippen LogP contribution >= 0.6 is 0 Å². The van der Waals surface area contributed by atoms with Crippen molar-refractivity contribution < 1.29 is 9.76 Å². The monoisotopic (exact) mass is 206 g/mol. The zero-order valence-corrected chi connectivity index (χ0v) is 8.27. The molecule has 5 nitrogen and oxygen atoms in total. The minimum Gasteiger partial charge on any atom is -0.399 e. The van der Waals surface area contributed by atoms with E-state index >= 15 is 0 Å². The van der Waals surface area contributed by atoms with Gasteiger partial charge >= 0.3 is 0 Å². The van der Waals surface area contributed by atoms with Crippen molar-refractivity contribution in [3.05, 3.63) is 39.4 Å². The highest BCUT2D eigenvalue weighted by Gasteiger charge is 2.20. The normalized spacial score (nSPS) is 16.5. The molecular weight excluding hydrogens is 196 g/mol. The fraction of sp³-hybridized carbons (Fsp3) is 0.300. The lowest BCUT2D eigenvalue weighted by atomic mass is 10.1. The zero-order chi connectivity index (χ0) is 10.8. The molecule has 0 saturated carbocycles. The molecule has 0 aromatic heterocycles. The molecule has 78 valence electrons. The molecule has 2 rings (SSSR count). The summed E-state index contributed by atoms with van der Waals surface area (Å²) >= 11 is 0. The predicted octanol–water partition coefficient (Wildman–Crippen LogP) is 1.89. The van der Waals surface area contributed by atoms with Crippen LogP contribution in [0, 0.1) is 10.1 Å². The number of nitro groups is 1. The van der Waals surface area contributed by atoms with Crippen LogP contribution in [-0.2, 0) is 11.3 Å². The second-order valence-corrected chi connectivity index (χ2v) is 3.32. The molecule has 1 aromatic rings. The highest BCUT2D eigenvalue weighted by atomic mass is 16.6. The summed E-state index contributed by atoms with van der Waals surface area (Å²) in [6.07, 6.45) is 1.57. The molecule has 0 radical (unpaired) electrons. The molecule has 1 aliphatic rings. The van der Waals surface area contributed by atoms with Crippen molar-refractivity contribution >= 4 is 11.4 Å². The molecule has 1 aromatic carbocycles. The Bertz CT molecular complexity index is 440. The molecule has 0 aliphatic heterocycles. The van der Waals surface area contributed by atoms with E-state index in [0.29, 0.717) is 0 Å². The van der Waals surface area contributed by atoms with Gasteiger partial charge in [-0.05, 0) is 24.5 Å². The average Bonchev–Trinajstić information content (AvgIpc) is 2.61. The summed E-state index contributed by atoms with van der Waals surface area (Å²) in [7, 11) is 1.50. The number of nitrogens with zero attached hydrogens (tertiary/aromatic N) is 2. The number of oxime groups is 1. The molecule has 0 bridgehead atoms. The first kappa shape index (κ1) is 9.64. The van der Waals surface area contributed by atoms with E-state index < -0.39 is 0 Å². The molecule has 0 heterocycles. The van der Waals surface area contributed by atoms with Gasteiger partial charge in [-0.2, -0.15) is 0 Å². The Labute approximate surface area is 86.5 Å². The van der Waals surface area contributed by atoms with Gasteiger partial charge in [0.05, 0.1) is 10.6 Å². The summed E-state index contributed by atoms with van der Waals surface area (Å²) in [6, 6.07) is 4.83. The number of rotatable bonds is 2. The molecule has 0 atom stereocenters. The largest absolute Gasteiger partial charge is 0.399 e. The van der Waals surface area contributed by atoms with Gasteiger partial charge in [0, 0.05) is 17.7 Å². The Morgan fingerprint density at radius 3 is 2.93 bits per heavy atom. The maximum atomic E-state index is 10.6. The number of hydrogen-bond donors (Lipinski definition) is 0. The van der Waals surface area contributed by atoms with Crippen LogP contribution in [0.25, 0.3) is 0 Å². The quantitative estimate of drug-likeness (QED) is 0.548. The van der Waals surface area contributed by atoms with Gasteiger partial charge in [0.15, 0.2) is 0 Å². The van der Waals surface area contributed by atoms with Crippen molar-refractivity contribution in [1.29, 1.82) is 0 Å². The Morgan fingerprint density at radius 2 is 2.27 bits per heavy atom. The molecular formula is C10H10N2O3. The Morgan fingerprint density at radius 1 is 1.47 bits per heavy atom. The zero-order valence-electron chi connectivity index (χ0n) is 8.27. The van der Waals surface area contributed by atoms with Crippen molar-refractivity contribution in [2.75, 3.05) is 7.11 Å². The van der Waals surface area contributed by atoms with Crippen LogP contribution in [0.4, 0.5) is 5.69 Å². The third-order valence-corrected chi connectivity index (χ3v) is 2.44. The fourth-order valence-corrected chi connectivity index (χ4v) is 1.77. The van der Waals surface area contributed by atoms with Gasteiger partial charge in [0.25, 0.3) is 5.69 Å². The number of non-ortho nitro benzene ring substituents is 1. The van der Waals surface area contributed by atoms with Crippen LogP contribution in [0.3, 0.4) is 0 Å². The standard InChI is InChI=1S/C10H10N2O3/c1-15-11-10-5-2-7-6-8(12(13)14)3-4-9(7)10/h3-4,6H,2,5H2,1H3. The Kier molecular flexibility index (Phi) is 2.37. The van der Waals surface area contributed by atoms with Crippen LogP contribution in [0.1, 0.15) is 17.5 Å². The lowest BCUT2D eigenvalue weighted by Crippen LogP contribution is -1.96. The van der Waals surface area contributed by atoms with E-state index in [1.54, 1.807) is 12.1 Å². The first-order valence-electron chi connectivity index (χ1n) is 4.60. The number of aryl methyl sites for hydroxylation is 1. The third kappa shape index (κ3) is 1.68. The molecule has 0 unspecified atom stereocenters. The highest BCUT2D eigenvalue weighted by Crippen LogP contribution is 2.26. The lowest BCUT2D eigenvalue weighted by molar-refractivity contribution is -0.384. The fourth-order valence-electron chi connectivity index (χ4n) is 1.77. The molecule has 0 amide bonds. The summed E-state index contributed by atoms with van der Waals surface area (Å²) in [6.45, 7) is 0. The van der Waals surface area contributed by atoms with E-state index in [0.717, 1.165) is 29.7 Å². The molecule has 0 N–H and O–H groups in total.